The molecule has 0 aromatic heterocycles. The maximum Gasteiger partial charge on any atom is 0.416 e. The molecule has 4 rings (SSSR count). The number of hydrogen-bond donors (Lipinski definition) is 5. The van der Waals surface area contributed by atoms with Gasteiger partial charge in [0.15, 0.2) is 5.96 Å². The maximum atomic E-state index is 14.2. The summed E-state index contributed by atoms with van der Waals surface area (Å²) in [6.07, 6.45) is -3.97. The van der Waals surface area contributed by atoms with Crippen LogP contribution in [0.25, 0.3) is 0 Å². The fraction of sp³-hybridized carbons (Fsp3) is 0.692. The highest BCUT2D eigenvalue weighted by atomic mass is 19.4. The zero-order valence-electron chi connectivity index (χ0n) is 21.5. The van der Waals surface area contributed by atoms with Crippen molar-refractivity contribution in [2.24, 2.45) is 10.4 Å². The predicted octanol–water partition coefficient (Wildman–Crippen LogP) is 4.78. The fourth-order valence-corrected chi connectivity index (χ4v) is 5.94. The van der Waals surface area contributed by atoms with Gasteiger partial charge in [-0.25, -0.2) is 15.8 Å². The molecule has 39 heavy (non-hydrogen) atoms. The average molecular weight is 564 g/mol. The molecule has 1 aromatic carbocycles. The van der Waals surface area contributed by atoms with Crippen molar-refractivity contribution in [2.75, 3.05) is 0 Å². The molecule has 1 amide bonds. The molecule has 1 saturated heterocycles. The van der Waals surface area contributed by atoms with Crippen LogP contribution in [0.3, 0.4) is 0 Å². The summed E-state index contributed by atoms with van der Waals surface area (Å²) < 4.78 is 81.3. The van der Waals surface area contributed by atoms with Gasteiger partial charge in [0.25, 0.3) is 5.91 Å². The number of aliphatic imine (C=N–C) groups is 1. The number of aliphatic hydroxyl groups is 1. The lowest BCUT2D eigenvalue weighted by Crippen LogP contribution is -2.52. The van der Waals surface area contributed by atoms with Crippen LogP contribution in [0.4, 0.5) is 26.3 Å². The van der Waals surface area contributed by atoms with Crippen LogP contribution in [0.2, 0.25) is 0 Å². The number of halogens is 6. The van der Waals surface area contributed by atoms with E-state index in [0.717, 1.165) is 43.5 Å². The topological polar surface area (TPSA) is 97.8 Å². The molecule has 0 bridgehead atoms. The maximum absolute atomic E-state index is 14.2. The second kappa shape index (κ2) is 12.0. The van der Waals surface area contributed by atoms with Crippen LogP contribution in [0, 0.1) is 5.41 Å². The quantitative estimate of drug-likeness (QED) is 0.207. The third-order valence-electron chi connectivity index (χ3n) is 8.10. The third-order valence-corrected chi connectivity index (χ3v) is 8.10. The molecule has 2 unspecified atom stereocenters. The van der Waals surface area contributed by atoms with Gasteiger partial charge in [-0.3, -0.25) is 10.1 Å². The molecule has 3 fully saturated rings. The van der Waals surface area contributed by atoms with Crippen LogP contribution >= 0.6 is 0 Å². The Balaban J connectivity index is 1.62. The van der Waals surface area contributed by atoms with Crippen molar-refractivity contribution >= 4 is 11.9 Å². The van der Waals surface area contributed by atoms with Gasteiger partial charge in [0, 0.05) is 17.0 Å². The zero-order chi connectivity index (χ0) is 28.3. The van der Waals surface area contributed by atoms with E-state index in [-0.39, 0.29) is 17.6 Å². The molecule has 2 aliphatic carbocycles. The lowest BCUT2D eigenvalue weighted by Gasteiger charge is -2.39. The number of aliphatic hydroxyl groups excluding tert-OH is 1. The van der Waals surface area contributed by atoms with Crippen LogP contribution in [-0.4, -0.2) is 47.5 Å². The predicted molar refractivity (Wildman–Crippen MR) is 132 cm³/mol. The Morgan fingerprint density at radius 1 is 0.897 bits per heavy atom. The minimum atomic E-state index is -4.56. The molecule has 218 valence electrons. The van der Waals surface area contributed by atoms with Crippen LogP contribution in [0.15, 0.2) is 29.3 Å². The summed E-state index contributed by atoms with van der Waals surface area (Å²) in [6, 6.07) is 1.65. The third kappa shape index (κ3) is 7.23. The van der Waals surface area contributed by atoms with Gasteiger partial charge in [0.1, 0.15) is 12.2 Å². The molecule has 3 aliphatic rings. The molecule has 5 N–H and O–H groups in total. The first-order chi connectivity index (χ1) is 18.4. The highest BCUT2D eigenvalue weighted by Crippen LogP contribution is 2.48. The molecule has 2 atom stereocenters. The van der Waals surface area contributed by atoms with E-state index in [1.165, 1.54) is 0 Å². The van der Waals surface area contributed by atoms with E-state index in [1.54, 1.807) is 0 Å². The Labute approximate surface area is 223 Å². The second-order valence-corrected chi connectivity index (χ2v) is 10.8. The van der Waals surface area contributed by atoms with Gasteiger partial charge in [-0.05, 0) is 62.8 Å². The van der Waals surface area contributed by atoms with Crippen molar-refractivity contribution < 1.29 is 36.2 Å². The van der Waals surface area contributed by atoms with Crippen molar-refractivity contribution in [3.05, 3.63) is 35.4 Å². The van der Waals surface area contributed by atoms with E-state index in [0.29, 0.717) is 51.4 Å². The smallest absolute Gasteiger partial charge is 0.393 e. The fourth-order valence-electron chi connectivity index (χ4n) is 5.94. The Morgan fingerprint density at radius 3 is 2.05 bits per heavy atom. The lowest BCUT2D eigenvalue weighted by molar-refractivity contribution is -0.179. The van der Waals surface area contributed by atoms with Crippen LogP contribution in [0.5, 0.6) is 0 Å². The van der Waals surface area contributed by atoms with Crippen LogP contribution in [0.1, 0.15) is 86.6 Å². The van der Waals surface area contributed by atoms with E-state index in [1.807, 2.05) is 0 Å². The summed E-state index contributed by atoms with van der Waals surface area (Å²) in [5.74, 6) is -0.791. The molecule has 1 spiro atoms. The number of amides is 1. The van der Waals surface area contributed by atoms with Gasteiger partial charge in [0.2, 0.25) is 0 Å². The number of carbonyl (C=O) groups is 1. The van der Waals surface area contributed by atoms with Crippen LogP contribution < -0.4 is 21.5 Å². The van der Waals surface area contributed by atoms with Crippen molar-refractivity contribution in [1.82, 2.24) is 21.5 Å². The molecule has 7 nitrogen and oxygen atoms in total. The summed E-state index contributed by atoms with van der Waals surface area (Å²) in [4.78, 5) is 17.6. The first-order valence-electron chi connectivity index (χ1n) is 13.5. The number of hydrazine groups is 1. The van der Waals surface area contributed by atoms with Gasteiger partial charge < -0.3 is 10.4 Å². The van der Waals surface area contributed by atoms with Crippen LogP contribution in [-0.2, 0) is 6.18 Å². The average Bonchev–Trinajstić information content (AvgIpc) is 3.21. The summed E-state index contributed by atoms with van der Waals surface area (Å²) in [5.41, 5.74) is 2.91. The first kappa shape index (κ1) is 29.6. The Bertz CT molecular complexity index is 998. The number of alkyl halides is 6. The molecule has 1 heterocycles. The molecular weight excluding hydrogens is 528 g/mol. The van der Waals surface area contributed by atoms with Gasteiger partial charge >= 0.3 is 12.4 Å². The zero-order valence-corrected chi connectivity index (χ0v) is 21.5. The van der Waals surface area contributed by atoms with E-state index < -0.39 is 47.5 Å². The number of rotatable bonds is 3. The minimum Gasteiger partial charge on any atom is -0.393 e. The molecule has 0 radical (unpaired) electrons. The number of carbonyl (C=O) groups excluding carboxylic acids is 1. The minimum absolute atomic E-state index is 0.0511. The summed E-state index contributed by atoms with van der Waals surface area (Å²) in [7, 11) is 0. The Hall–Kier alpha value is -2.38. The standard InChI is InChI=1S/C26H35F6N5O2/c27-25(28,29)17-8-6-16(7-9-17)20(39)34-23(33-18-10-12-19(38)13-11-18)35-22-24(14-4-2-1-3-5-15-24)21(36-37-22)26(30,31)32/h6-9,18-19,21-22,36-38H,1-5,10-15H2,(H2,33,34,35,39). The van der Waals surface area contributed by atoms with Crippen molar-refractivity contribution in [3.8, 4) is 0 Å². The van der Waals surface area contributed by atoms with Crippen molar-refractivity contribution in [1.29, 1.82) is 0 Å². The molecule has 13 heteroatoms. The summed E-state index contributed by atoms with van der Waals surface area (Å²) in [5, 5.41) is 15.6. The number of guanidine groups is 1. The normalized spacial score (nSPS) is 28.5. The molecule has 1 aromatic rings. The van der Waals surface area contributed by atoms with Crippen molar-refractivity contribution in [2.45, 2.75) is 107 Å². The van der Waals surface area contributed by atoms with Crippen molar-refractivity contribution in [3.63, 3.8) is 0 Å². The molecular formula is C26H35F6N5O2. The van der Waals surface area contributed by atoms with Gasteiger partial charge in [-0.15, -0.1) is 0 Å². The molecule has 2 saturated carbocycles. The highest BCUT2D eigenvalue weighted by Gasteiger charge is 2.60. The lowest BCUT2D eigenvalue weighted by atomic mass is 9.69. The number of nitrogens with zero attached hydrogens (tertiary/aromatic N) is 1. The van der Waals surface area contributed by atoms with Gasteiger partial charge in [0.05, 0.1) is 11.7 Å². The van der Waals surface area contributed by atoms with E-state index >= 15 is 0 Å². The van der Waals surface area contributed by atoms with E-state index in [9.17, 15) is 36.2 Å². The number of hydrogen-bond acceptors (Lipinski definition) is 5. The Morgan fingerprint density at radius 2 is 1.49 bits per heavy atom. The van der Waals surface area contributed by atoms with E-state index in [2.05, 4.69) is 26.5 Å². The van der Waals surface area contributed by atoms with Gasteiger partial charge in [-0.2, -0.15) is 26.3 Å². The van der Waals surface area contributed by atoms with Gasteiger partial charge in [-0.1, -0.05) is 32.1 Å². The first-order valence-corrected chi connectivity index (χ1v) is 13.5. The Kier molecular flexibility index (Phi) is 9.12. The monoisotopic (exact) mass is 563 g/mol. The largest absolute Gasteiger partial charge is 0.416 e. The SMILES string of the molecule is O=C(NC(=NC1NNC(C(F)(F)F)C12CCCCCCC2)NC1CCC(O)CC1)c1ccc(C(F)(F)F)cc1. The number of benzene rings is 1. The highest BCUT2D eigenvalue weighted by molar-refractivity contribution is 6.05. The number of nitrogens with one attached hydrogen (secondary N) is 4. The molecule has 1 aliphatic heterocycles. The second-order valence-electron chi connectivity index (χ2n) is 10.8. The summed E-state index contributed by atoms with van der Waals surface area (Å²) in [6.45, 7) is 0. The van der Waals surface area contributed by atoms with E-state index in [4.69, 9.17) is 0 Å². The summed E-state index contributed by atoms with van der Waals surface area (Å²) >= 11 is 0.